The average Bonchev–Trinajstić information content (AvgIpc) is 3.69. The maximum absolute atomic E-state index is 13.1. The average molecular weight is 1250 g/mol. The first-order valence-electron chi connectivity index (χ1n) is 38.5. The lowest BCUT2D eigenvalue weighted by molar-refractivity contribution is -0.870. The number of carbonyl (C=O) groups excluding carboxylic acids is 1. The van der Waals surface area contributed by atoms with Crippen LogP contribution in [0.2, 0.25) is 0 Å². The summed E-state index contributed by atoms with van der Waals surface area (Å²) in [6.07, 6.45) is 94.5. The van der Waals surface area contributed by atoms with E-state index in [1.807, 2.05) is 27.2 Å². The highest BCUT2D eigenvalue weighted by atomic mass is 31.2. The lowest BCUT2D eigenvalue weighted by Crippen LogP contribution is -2.45. The quantitative estimate of drug-likeness (QED) is 0.0243. The van der Waals surface area contributed by atoms with E-state index in [9.17, 15) is 19.4 Å². The number of carbonyl (C=O) groups is 1. The van der Waals surface area contributed by atoms with Gasteiger partial charge in [0, 0.05) is 6.42 Å². The fourth-order valence-electron chi connectivity index (χ4n) is 11.8. The van der Waals surface area contributed by atoms with E-state index in [0.29, 0.717) is 17.4 Å². The van der Waals surface area contributed by atoms with Gasteiger partial charge in [-0.15, -0.1) is 0 Å². The van der Waals surface area contributed by atoms with Gasteiger partial charge in [-0.1, -0.05) is 364 Å². The van der Waals surface area contributed by atoms with Crippen molar-refractivity contribution in [1.29, 1.82) is 0 Å². The number of nitrogens with one attached hydrogen (secondary N) is 1. The van der Waals surface area contributed by atoms with Crippen LogP contribution in [0.1, 0.15) is 393 Å². The molecule has 3 N–H and O–H groups in total. The zero-order valence-electron chi connectivity index (χ0n) is 59.0. The van der Waals surface area contributed by atoms with Crippen molar-refractivity contribution in [1.82, 2.24) is 5.32 Å². The van der Waals surface area contributed by atoms with E-state index in [2.05, 4.69) is 55.6 Å². The van der Waals surface area contributed by atoms with Gasteiger partial charge in [0.2, 0.25) is 5.91 Å². The molecule has 1 amide bonds. The molecule has 0 saturated carbocycles. The smallest absolute Gasteiger partial charge is 0.387 e. The third-order valence-corrected chi connectivity index (χ3v) is 18.7. The summed E-state index contributed by atoms with van der Waals surface area (Å²) in [7, 11) is 1.56. The number of aliphatic hydroxyl groups is 1. The summed E-state index contributed by atoms with van der Waals surface area (Å²) in [5, 5.41) is 14.0. The molecule has 514 valence electrons. The molecule has 8 nitrogen and oxygen atoms in total. The summed E-state index contributed by atoms with van der Waals surface area (Å²) in [6.45, 7) is 4.84. The van der Waals surface area contributed by atoms with Gasteiger partial charge in [-0.25, -0.2) is 4.57 Å². The van der Waals surface area contributed by atoms with Crippen molar-refractivity contribution in [2.75, 3.05) is 40.9 Å². The van der Waals surface area contributed by atoms with Crippen LogP contribution < -0.4 is 5.32 Å². The molecule has 0 aromatic rings. The molecule has 0 aromatic carbocycles. The summed E-state index contributed by atoms with van der Waals surface area (Å²) in [4.78, 5) is 23.4. The Morgan fingerprint density at radius 3 is 0.920 bits per heavy atom. The highest BCUT2D eigenvalue weighted by molar-refractivity contribution is 7.47. The number of phosphoric ester groups is 1. The lowest BCUT2D eigenvalue weighted by Gasteiger charge is -2.25. The van der Waals surface area contributed by atoms with Crippen LogP contribution in [0.25, 0.3) is 0 Å². The van der Waals surface area contributed by atoms with Gasteiger partial charge in [0.1, 0.15) is 13.2 Å². The van der Waals surface area contributed by atoms with Gasteiger partial charge in [-0.2, -0.15) is 0 Å². The Balaban J connectivity index is 3.98. The molecule has 0 radical (unpaired) electrons. The summed E-state index contributed by atoms with van der Waals surface area (Å²) in [5.74, 6) is -0.183. The van der Waals surface area contributed by atoms with Crippen LogP contribution in [0.3, 0.4) is 0 Å². The zero-order valence-corrected chi connectivity index (χ0v) is 59.9. The Morgan fingerprint density at radius 2 is 0.632 bits per heavy atom. The number of amides is 1. The Bertz CT molecular complexity index is 1560. The number of likely N-dealkylation sites (N-methyl/N-ethyl adjacent to an activating group) is 1. The minimum atomic E-state index is -4.37. The van der Waals surface area contributed by atoms with Crippen LogP contribution in [0.15, 0.2) is 48.6 Å². The summed E-state index contributed by atoms with van der Waals surface area (Å²) >= 11 is 0. The molecule has 3 atom stereocenters. The first-order valence-corrected chi connectivity index (χ1v) is 40.0. The number of nitrogens with zero attached hydrogens (tertiary/aromatic N) is 1. The fraction of sp³-hybridized carbons (Fsp3) is 0.885. The number of aliphatic hydroxyl groups excluding tert-OH is 1. The molecule has 0 aliphatic carbocycles. The minimum Gasteiger partial charge on any atom is -0.387 e. The molecule has 0 bridgehead atoms. The SMILES string of the molecule is CCCCCCCCCC/C=C\CCCCCCCCCCCCCCCCCCCCCCCCCCCCCC(=O)NC(COP(=O)(O)OCC[N+](C)(C)C)C(O)/C=C/CC/C=C/CC/C=C/CCCCCCCCCCCCCCCCCC. The van der Waals surface area contributed by atoms with Crippen molar-refractivity contribution in [3.05, 3.63) is 48.6 Å². The molecule has 87 heavy (non-hydrogen) atoms. The topological polar surface area (TPSA) is 105 Å². The number of hydrogen-bond donors (Lipinski definition) is 3. The molecule has 0 rings (SSSR count). The van der Waals surface area contributed by atoms with Gasteiger partial charge in [0.15, 0.2) is 0 Å². The Labute approximate surface area is 543 Å². The van der Waals surface area contributed by atoms with E-state index >= 15 is 0 Å². The number of rotatable bonds is 72. The van der Waals surface area contributed by atoms with Crippen molar-refractivity contribution >= 4 is 13.7 Å². The molecule has 0 aliphatic rings. The number of allylic oxidation sites excluding steroid dienone is 7. The van der Waals surface area contributed by atoms with E-state index in [1.54, 1.807) is 6.08 Å². The second-order valence-electron chi connectivity index (χ2n) is 27.7. The van der Waals surface area contributed by atoms with Gasteiger partial charge >= 0.3 is 7.82 Å². The van der Waals surface area contributed by atoms with Crippen molar-refractivity contribution in [2.45, 2.75) is 405 Å². The monoisotopic (exact) mass is 1240 g/mol. The van der Waals surface area contributed by atoms with Gasteiger partial charge in [-0.05, 0) is 70.6 Å². The van der Waals surface area contributed by atoms with Gasteiger partial charge in [0.05, 0.1) is 39.9 Å². The molecule has 0 aliphatic heterocycles. The van der Waals surface area contributed by atoms with Gasteiger partial charge < -0.3 is 19.8 Å². The number of phosphoric acid groups is 1. The third kappa shape index (κ3) is 71.8. The second kappa shape index (κ2) is 68.8. The highest BCUT2D eigenvalue weighted by Crippen LogP contribution is 2.43. The Morgan fingerprint density at radius 1 is 0.379 bits per heavy atom. The third-order valence-electron chi connectivity index (χ3n) is 17.7. The number of hydrogen-bond acceptors (Lipinski definition) is 5. The van der Waals surface area contributed by atoms with E-state index in [4.69, 9.17) is 9.05 Å². The fourth-order valence-corrected chi connectivity index (χ4v) is 12.5. The molecule has 9 heteroatoms. The van der Waals surface area contributed by atoms with Crippen molar-refractivity contribution in [3.63, 3.8) is 0 Å². The van der Waals surface area contributed by atoms with Gasteiger partial charge in [-0.3, -0.25) is 13.8 Å². The first-order chi connectivity index (χ1) is 42.5. The molecule has 0 spiro atoms. The predicted octanol–water partition coefficient (Wildman–Crippen LogP) is 25.0. The first kappa shape index (κ1) is 85.5. The lowest BCUT2D eigenvalue weighted by atomic mass is 10.0. The largest absolute Gasteiger partial charge is 0.472 e. The molecule has 0 heterocycles. The predicted molar refractivity (Wildman–Crippen MR) is 383 cm³/mol. The molecular weight excluding hydrogens is 1090 g/mol. The Hall–Kier alpha value is -1.54. The van der Waals surface area contributed by atoms with Crippen molar-refractivity contribution < 1.29 is 32.9 Å². The molecular formula is C78H152N2O6P+. The van der Waals surface area contributed by atoms with Crippen molar-refractivity contribution in [3.8, 4) is 0 Å². The minimum absolute atomic E-state index is 0.0548. The zero-order chi connectivity index (χ0) is 63.4. The van der Waals surface area contributed by atoms with Gasteiger partial charge in [0.25, 0.3) is 0 Å². The summed E-state index contributed by atoms with van der Waals surface area (Å²) < 4.78 is 23.8. The maximum atomic E-state index is 13.1. The van der Waals surface area contributed by atoms with E-state index in [-0.39, 0.29) is 19.1 Å². The molecule has 0 saturated heterocycles. The molecule has 0 aromatic heterocycles. The van der Waals surface area contributed by atoms with E-state index < -0.39 is 20.0 Å². The highest BCUT2D eigenvalue weighted by Gasteiger charge is 2.28. The molecule has 0 fully saturated rings. The normalized spacial score (nSPS) is 13.8. The van der Waals surface area contributed by atoms with E-state index in [0.717, 1.165) is 44.9 Å². The molecule has 3 unspecified atom stereocenters. The van der Waals surface area contributed by atoms with Crippen LogP contribution in [-0.4, -0.2) is 73.4 Å². The van der Waals surface area contributed by atoms with Crippen molar-refractivity contribution in [2.24, 2.45) is 0 Å². The van der Waals surface area contributed by atoms with E-state index in [1.165, 1.54) is 327 Å². The number of quaternary nitrogens is 1. The maximum Gasteiger partial charge on any atom is 0.472 e. The Kier molecular flexibility index (Phi) is 67.6. The summed E-state index contributed by atoms with van der Waals surface area (Å²) in [6, 6.07) is -0.871. The van der Waals surface area contributed by atoms with Crippen LogP contribution in [0.4, 0.5) is 0 Å². The second-order valence-corrected chi connectivity index (χ2v) is 29.2. The number of unbranched alkanes of at least 4 members (excludes halogenated alkanes) is 53. The van der Waals surface area contributed by atoms with Crippen LogP contribution >= 0.6 is 7.82 Å². The van der Waals surface area contributed by atoms with Crippen LogP contribution in [0.5, 0.6) is 0 Å². The summed E-state index contributed by atoms with van der Waals surface area (Å²) in [5.41, 5.74) is 0. The van der Waals surface area contributed by atoms with Crippen LogP contribution in [0, 0.1) is 0 Å². The van der Waals surface area contributed by atoms with Crippen LogP contribution in [-0.2, 0) is 18.4 Å². The standard InChI is InChI=1S/C78H151N2O6P/c1-6-8-10-12-14-16-18-20-22-24-26-28-30-32-34-35-36-37-38-39-40-41-42-43-44-45-46-48-50-52-54-56-58-60-62-64-66-68-70-72-78(82)79-76(75-86-87(83,84)85-74-73-80(3,4)5)77(81)71-69-67-65-63-61-59-57-55-53-51-49-47-33-31-29-27-25-23-21-19-17-15-13-11-9-7-2/h24,26,53,55,61,63,69,71,76-77,81H,6-23,25,27-52,54,56-60,62,64-68,70,72-75H2,1-5H3,(H-,79,82,83,84)/p+1/b26-24-,55-53+,63-61+,71-69+.